The summed E-state index contributed by atoms with van der Waals surface area (Å²) in [7, 11) is 0. The Bertz CT molecular complexity index is 470. The molecule has 1 saturated carbocycles. The molecular formula is C14H19N3OS. The number of thiocarbonyl (C=S) groups is 1. The number of hydrogen-bond donors (Lipinski definition) is 3. The second-order valence-electron chi connectivity index (χ2n) is 4.84. The summed E-state index contributed by atoms with van der Waals surface area (Å²) in [6.45, 7) is 0. The van der Waals surface area contributed by atoms with Crippen molar-refractivity contribution in [2.75, 3.05) is 5.32 Å². The van der Waals surface area contributed by atoms with E-state index in [4.69, 9.17) is 18.0 Å². The van der Waals surface area contributed by atoms with Crippen LogP contribution in [0.4, 0.5) is 5.69 Å². The highest BCUT2D eigenvalue weighted by molar-refractivity contribution is 7.80. The Morgan fingerprint density at radius 3 is 2.58 bits per heavy atom. The Morgan fingerprint density at radius 2 is 1.89 bits per heavy atom. The lowest BCUT2D eigenvalue weighted by molar-refractivity contribution is 0.0928. The van der Waals surface area contributed by atoms with Gasteiger partial charge in [0.25, 0.3) is 5.91 Å². The quantitative estimate of drug-likeness (QED) is 0.742. The van der Waals surface area contributed by atoms with Gasteiger partial charge in [-0.1, -0.05) is 31.4 Å². The Kier molecular flexibility index (Phi) is 4.74. The standard InChI is InChI=1S/C14H19N3OS/c15-14(19)17-12-9-5-4-8-11(12)13(18)16-10-6-2-1-3-7-10/h4-5,8-10H,1-3,6-7H2,(H,16,18)(H3,15,17,19). The zero-order valence-electron chi connectivity index (χ0n) is 10.8. The van der Waals surface area contributed by atoms with Gasteiger partial charge in [0, 0.05) is 6.04 Å². The molecular weight excluding hydrogens is 258 g/mol. The predicted molar refractivity (Wildman–Crippen MR) is 81.2 cm³/mol. The fourth-order valence-electron chi connectivity index (χ4n) is 2.43. The molecule has 0 radical (unpaired) electrons. The summed E-state index contributed by atoms with van der Waals surface area (Å²) in [6.07, 6.45) is 5.79. The van der Waals surface area contributed by atoms with Crippen LogP contribution in [0.1, 0.15) is 42.5 Å². The molecule has 2 rings (SSSR count). The maximum absolute atomic E-state index is 12.3. The summed E-state index contributed by atoms with van der Waals surface area (Å²) in [6, 6.07) is 7.55. The molecule has 4 N–H and O–H groups in total. The van der Waals surface area contributed by atoms with Crippen molar-refractivity contribution in [3.63, 3.8) is 0 Å². The largest absolute Gasteiger partial charge is 0.376 e. The number of nitrogens with two attached hydrogens (primary N) is 1. The van der Waals surface area contributed by atoms with E-state index in [0.717, 1.165) is 12.8 Å². The van der Waals surface area contributed by atoms with Gasteiger partial charge in [-0.25, -0.2) is 0 Å². The maximum Gasteiger partial charge on any atom is 0.253 e. The Morgan fingerprint density at radius 1 is 1.21 bits per heavy atom. The van der Waals surface area contributed by atoms with Crippen molar-refractivity contribution in [1.82, 2.24) is 5.32 Å². The van der Waals surface area contributed by atoms with Crippen LogP contribution in [0.15, 0.2) is 24.3 Å². The van der Waals surface area contributed by atoms with Crippen molar-refractivity contribution in [3.05, 3.63) is 29.8 Å². The van der Waals surface area contributed by atoms with E-state index in [0.29, 0.717) is 17.3 Å². The van der Waals surface area contributed by atoms with Crippen LogP contribution >= 0.6 is 12.2 Å². The number of para-hydroxylation sites is 1. The van der Waals surface area contributed by atoms with Gasteiger partial charge >= 0.3 is 0 Å². The molecule has 0 unspecified atom stereocenters. The highest BCUT2D eigenvalue weighted by Crippen LogP contribution is 2.19. The SMILES string of the molecule is NC(=S)Nc1ccccc1C(=O)NC1CCCCC1. The first kappa shape index (κ1) is 13.8. The normalized spacial score (nSPS) is 15.8. The van der Waals surface area contributed by atoms with E-state index >= 15 is 0 Å². The van der Waals surface area contributed by atoms with Gasteiger partial charge in [-0.05, 0) is 37.2 Å². The van der Waals surface area contributed by atoms with Crippen LogP contribution in [0.5, 0.6) is 0 Å². The summed E-state index contributed by atoms with van der Waals surface area (Å²) in [5.41, 5.74) is 6.71. The topological polar surface area (TPSA) is 67.1 Å². The average molecular weight is 277 g/mol. The van der Waals surface area contributed by atoms with Crippen LogP contribution in [0.25, 0.3) is 0 Å². The minimum absolute atomic E-state index is 0.0637. The minimum Gasteiger partial charge on any atom is -0.376 e. The third kappa shape index (κ3) is 3.92. The molecule has 0 bridgehead atoms. The molecule has 1 aromatic rings. The first-order chi connectivity index (χ1) is 9.16. The molecule has 102 valence electrons. The number of benzene rings is 1. The number of rotatable bonds is 3. The molecule has 1 amide bonds. The first-order valence-corrected chi connectivity index (χ1v) is 7.04. The molecule has 5 heteroatoms. The van der Waals surface area contributed by atoms with Crippen LogP contribution in [-0.4, -0.2) is 17.1 Å². The monoisotopic (exact) mass is 277 g/mol. The molecule has 1 aliphatic carbocycles. The molecule has 4 nitrogen and oxygen atoms in total. The fourth-order valence-corrected chi connectivity index (χ4v) is 2.54. The average Bonchev–Trinajstić information content (AvgIpc) is 2.39. The van der Waals surface area contributed by atoms with E-state index in [1.165, 1.54) is 19.3 Å². The molecule has 1 aliphatic rings. The van der Waals surface area contributed by atoms with Crippen molar-refractivity contribution < 1.29 is 4.79 Å². The van der Waals surface area contributed by atoms with Gasteiger partial charge in [-0.3, -0.25) is 4.79 Å². The van der Waals surface area contributed by atoms with Crippen LogP contribution in [0.3, 0.4) is 0 Å². The lowest BCUT2D eigenvalue weighted by atomic mass is 9.95. The van der Waals surface area contributed by atoms with Crippen molar-refractivity contribution in [2.45, 2.75) is 38.1 Å². The third-order valence-corrected chi connectivity index (χ3v) is 3.47. The van der Waals surface area contributed by atoms with E-state index < -0.39 is 0 Å². The van der Waals surface area contributed by atoms with Gasteiger partial charge in [0.1, 0.15) is 0 Å². The molecule has 0 atom stereocenters. The van der Waals surface area contributed by atoms with Gasteiger partial charge in [0.15, 0.2) is 5.11 Å². The third-order valence-electron chi connectivity index (χ3n) is 3.37. The van der Waals surface area contributed by atoms with Crippen molar-refractivity contribution in [1.29, 1.82) is 0 Å². The molecule has 0 spiro atoms. The van der Waals surface area contributed by atoms with E-state index in [2.05, 4.69) is 10.6 Å². The summed E-state index contributed by atoms with van der Waals surface area (Å²) in [4.78, 5) is 12.3. The van der Waals surface area contributed by atoms with Gasteiger partial charge in [0.05, 0.1) is 11.3 Å². The van der Waals surface area contributed by atoms with E-state index in [-0.39, 0.29) is 11.0 Å². The lowest BCUT2D eigenvalue weighted by Crippen LogP contribution is -2.36. The van der Waals surface area contributed by atoms with Crippen molar-refractivity contribution in [3.8, 4) is 0 Å². The maximum atomic E-state index is 12.3. The predicted octanol–water partition coefficient (Wildman–Crippen LogP) is 2.40. The lowest BCUT2D eigenvalue weighted by Gasteiger charge is -2.23. The molecule has 0 heterocycles. The molecule has 0 saturated heterocycles. The zero-order valence-corrected chi connectivity index (χ0v) is 11.6. The Balaban J connectivity index is 2.07. The summed E-state index contributed by atoms with van der Waals surface area (Å²) >= 11 is 4.82. The highest BCUT2D eigenvalue weighted by atomic mass is 32.1. The number of carbonyl (C=O) groups is 1. The van der Waals surface area contributed by atoms with Crippen LogP contribution in [0.2, 0.25) is 0 Å². The van der Waals surface area contributed by atoms with Crippen molar-refractivity contribution in [2.24, 2.45) is 5.73 Å². The van der Waals surface area contributed by atoms with Crippen LogP contribution < -0.4 is 16.4 Å². The van der Waals surface area contributed by atoms with Gasteiger partial charge in [0.2, 0.25) is 0 Å². The van der Waals surface area contributed by atoms with Gasteiger partial charge < -0.3 is 16.4 Å². The van der Waals surface area contributed by atoms with Crippen LogP contribution in [0, 0.1) is 0 Å². The van der Waals surface area contributed by atoms with Crippen molar-refractivity contribution >= 4 is 28.9 Å². The Labute approximate surface area is 118 Å². The number of hydrogen-bond acceptors (Lipinski definition) is 2. The summed E-state index contributed by atoms with van der Waals surface area (Å²) < 4.78 is 0. The van der Waals surface area contributed by atoms with Crippen LogP contribution in [-0.2, 0) is 0 Å². The van der Waals surface area contributed by atoms with E-state index in [1.807, 2.05) is 12.1 Å². The number of anilines is 1. The highest BCUT2D eigenvalue weighted by Gasteiger charge is 2.18. The molecule has 0 aromatic heterocycles. The number of amides is 1. The first-order valence-electron chi connectivity index (χ1n) is 6.63. The number of nitrogens with one attached hydrogen (secondary N) is 2. The van der Waals surface area contributed by atoms with E-state index in [9.17, 15) is 4.79 Å². The fraction of sp³-hybridized carbons (Fsp3) is 0.429. The second-order valence-corrected chi connectivity index (χ2v) is 5.28. The number of carbonyl (C=O) groups excluding carboxylic acids is 1. The Hall–Kier alpha value is -1.62. The van der Waals surface area contributed by atoms with Gasteiger partial charge in [-0.2, -0.15) is 0 Å². The molecule has 1 aromatic carbocycles. The molecule has 1 fully saturated rings. The second kappa shape index (κ2) is 6.52. The van der Waals surface area contributed by atoms with Gasteiger partial charge in [-0.15, -0.1) is 0 Å². The summed E-state index contributed by atoms with van der Waals surface area (Å²) in [5, 5.41) is 6.09. The summed E-state index contributed by atoms with van der Waals surface area (Å²) in [5.74, 6) is -0.0637. The minimum atomic E-state index is -0.0637. The zero-order chi connectivity index (χ0) is 13.7. The molecule has 19 heavy (non-hydrogen) atoms. The molecule has 0 aliphatic heterocycles. The smallest absolute Gasteiger partial charge is 0.253 e. The van der Waals surface area contributed by atoms with E-state index in [1.54, 1.807) is 12.1 Å².